The van der Waals surface area contributed by atoms with Gasteiger partial charge in [0.05, 0.1) is 25.3 Å². The minimum atomic E-state index is -2.69. The van der Waals surface area contributed by atoms with Crippen LogP contribution in [0, 0.1) is 11.8 Å². The number of hydrogen-bond donors (Lipinski definition) is 6. The normalized spacial score (nSPS) is 26.4. The Balaban J connectivity index is 1.41. The lowest BCUT2D eigenvalue weighted by Gasteiger charge is -2.50. The van der Waals surface area contributed by atoms with Crippen LogP contribution in [0.25, 0.3) is 11.1 Å². The van der Waals surface area contributed by atoms with E-state index in [0.717, 1.165) is 37.3 Å². The van der Waals surface area contributed by atoms with Gasteiger partial charge in [0.25, 0.3) is 5.91 Å². The van der Waals surface area contributed by atoms with Crippen molar-refractivity contribution in [3.05, 3.63) is 69.7 Å². The van der Waals surface area contributed by atoms with Crippen LogP contribution in [-0.2, 0) is 22.6 Å². The number of carbonyl (C=O) groups is 3. The van der Waals surface area contributed by atoms with Crippen LogP contribution in [0.3, 0.4) is 0 Å². The number of β-amino-alcohol motifs (C(OH)–C–C–N with tert-alkyl or cyclic N) is 1. The third kappa shape index (κ3) is 5.26. The van der Waals surface area contributed by atoms with Gasteiger partial charge in [0.1, 0.15) is 28.6 Å². The van der Waals surface area contributed by atoms with Crippen LogP contribution in [0.1, 0.15) is 27.9 Å². The topological polar surface area (TPSA) is 197 Å². The number of rotatable bonds is 8. The third-order valence-electron chi connectivity index (χ3n) is 10.5. The van der Waals surface area contributed by atoms with E-state index in [9.17, 15) is 39.9 Å². The number of hydrogen-bond acceptors (Lipinski definition) is 12. The molecule has 0 spiro atoms. The van der Waals surface area contributed by atoms with E-state index in [1.54, 1.807) is 27.3 Å². The van der Waals surface area contributed by atoms with Gasteiger partial charge in [-0.1, -0.05) is 12.1 Å². The standard InChI is InChI=1S/C35H42N4O9/c1-37(2)29-23-16-19-15-22-21(18-4-7-25(48-3)20(14-18)17-39-10-8-38(9-11-39)12-13-40)5-6-24(41)27(22)30(42)26(19)32(44)35(23,47)33(45)28(31(29)43)34(36)46/h4-7,14,19,23,29,40-41,43-44,47H,8-13,15-17H2,1-3H3,(H2,36,46). The summed E-state index contributed by atoms with van der Waals surface area (Å²) in [5.74, 6) is -6.13. The van der Waals surface area contributed by atoms with E-state index in [4.69, 9.17) is 10.5 Å². The number of ketones is 2. The average molecular weight is 663 g/mol. The number of benzene rings is 2. The molecular formula is C35H42N4O9. The molecule has 0 bridgehead atoms. The average Bonchev–Trinajstić information content (AvgIpc) is 3.03. The number of amides is 1. The molecule has 4 unspecified atom stereocenters. The number of nitrogens with zero attached hydrogens (tertiary/aromatic N) is 3. The largest absolute Gasteiger partial charge is 0.510 e. The molecule has 2 aromatic rings. The van der Waals surface area contributed by atoms with E-state index in [2.05, 4.69) is 9.80 Å². The predicted octanol–water partition coefficient (Wildman–Crippen LogP) is 0.906. The molecule has 4 atom stereocenters. The molecule has 0 saturated carbocycles. The molecule has 1 saturated heterocycles. The minimum absolute atomic E-state index is 0.0109. The summed E-state index contributed by atoms with van der Waals surface area (Å²) in [5, 5.41) is 54.7. The van der Waals surface area contributed by atoms with Crippen LogP contribution in [0.15, 0.2) is 53.0 Å². The summed E-state index contributed by atoms with van der Waals surface area (Å²) in [6.07, 6.45) is 0.198. The molecule has 3 aliphatic carbocycles. The highest BCUT2D eigenvalue weighted by molar-refractivity contribution is 6.24. The zero-order valence-corrected chi connectivity index (χ0v) is 27.3. The van der Waals surface area contributed by atoms with E-state index in [0.29, 0.717) is 30.0 Å². The molecule has 256 valence electrons. The van der Waals surface area contributed by atoms with Crippen LogP contribution in [0.4, 0.5) is 0 Å². The van der Waals surface area contributed by atoms with Gasteiger partial charge in [-0.3, -0.25) is 29.1 Å². The van der Waals surface area contributed by atoms with Gasteiger partial charge in [0, 0.05) is 56.3 Å². The van der Waals surface area contributed by atoms with Crippen molar-refractivity contribution in [2.75, 3.05) is 60.5 Å². The van der Waals surface area contributed by atoms with Crippen LogP contribution < -0.4 is 10.5 Å². The molecular weight excluding hydrogens is 620 g/mol. The number of likely N-dealkylation sites (N-methyl/N-ethyl adjacent to an activating group) is 1. The highest BCUT2D eigenvalue weighted by Gasteiger charge is 2.63. The van der Waals surface area contributed by atoms with Crippen LogP contribution >= 0.6 is 0 Å². The molecule has 4 aliphatic rings. The van der Waals surface area contributed by atoms with Crippen molar-refractivity contribution in [3.63, 3.8) is 0 Å². The summed E-state index contributed by atoms with van der Waals surface area (Å²) in [6, 6.07) is 7.86. The van der Waals surface area contributed by atoms with Gasteiger partial charge in [0.2, 0.25) is 5.78 Å². The Labute approximate surface area is 278 Å². The third-order valence-corrected chi connectivity index (χ3v) is 10.5. The quantitative estimate of drug-likeness (QED) is 0.219. The molecule has 1 heterocycles. The number of methoxy groups -OCH3 is 1. The number of carbonyl (C=O) groups excluding carboxylic acids is 3. The van der Waals surface area contributed by atoms with Gasteiger partial charge in [-0.15, -0.1) is 0 Å². The van der Waals surface area contributed by atoms with Crippen LogP contribution in [0.5, 0.6) is 11.5 Å². The fourth-order valence-corrected chi connectivity index (χ4v) is 8.14. The fraction of sp³-hybridized carbons (Fsp3) is 0.457. The van der Waals surface area contributed by atoms with Gasteiger partial charge < -0.3 is 36.0 Å². The van der Waals surface area contributed by atoms with Crippen molar-refractivity contribution in [3.8, 4) is 22.6 Å². The smallest absolute Gasteiger partial charge is 0.255 e. The lowest BCUT2D eigenvalue weighted by molar-refractivity contribution is -0.148. The number of aromatic hydroxyl groups is 1. The molecule has 0 aromatic heterocycles. The number of Topliss-reactive ketones (excluding diaryl/α,β-unsaturated/α-hetero) is 2. The van der Waals surface area contributed by atoms with Gasteiger partial charge >= 0.3 is 0 Å². The fourth-order valence-electron chi connectivity index (χ4n) is 8.14. The van der Waals surface area contributed by atoms with E-state index >= 15 is 0 Å². The van der Waals surface area contributed by atoms with E-state index in [1.807, 2.05) is 18.2 Å². The summed E-state index contributed by atoms with van der Waals surface area (Å²) >= 11 is 0. The summed E-state index contributed by atoms with van der Waals surface area (Å²) in [6.45, 7) is 4.72. The number of aliphatic hydroxyl groups is 4. The summed E-state index contributed by atoms with van der Waals surface area (Å²) < 4.78 is 5.69. The first-order chi connectivity index (χ1) is 22.8. The molecule has 1 amide bonds. The maximum absolute atomic E-state index is 14.2. The van der Waals surface area contributed by atoms with Gasteiger partial charge in [-0.2, -0.15) is 0 Å². The summed E-state index contributed by atoms with van der Waals surface area (Å²) in [5.41, 5.74) is 4.66. The molecule has 1 fully saturated rings. The molecule has 13 heteroatoms. The lowest BCUT2D eigenvalue weighted by atomic mass is 9.58. The first-order valence-corrected chi connectivity index (χ1v) is 16.1. The Kier molecular flexibility index (Phi) is 8.85. The second kappa shape index (κ2) is 12.6. The molecule has 13 nitrogen and oxygen atoms in total. The zero-order chi connectivity index (χ0) is 34.7. The van der Waals surface area contributed by atoms with E-state index < -0.39 is 58.0 Å². The Morgan fingerprint density at radius 3 is 2.38 bits per heavy atom. The summed E-state index contributed by atoms with van der Waals surface area (Å²) in [7, 11) is 4.80. The second-order valence-corrected chi connectivity index (χ2v) is 13.3. The van der Waals surface area contributed by atoms with Crippen molar-refractivity contribution in [1.29, 1.82) is 0 Å². The first kappa shape index (κ1) is 33.6. The van der Waals surface area contributed by atoms with Gasteiger partial charge in [0.15, 0.2) is 11.4 Å². The molecule has 7 N–H and O–H groups in total. The highest BCUT2D eigenvalue weighted by atomic mass is 16.5. The number of nitrogens with two attached hydrogens (primary N) is 1. The lowest BCUT2D eigenvalue weighted by Crippen LogP contribution is -2.63. The Bertz CT molecular complexity index is 1740. The number of allylic oxidation sites excluding steroid dienone is 1. The number of aliphatic hydroxyl groups excluding tert-OH is 3. The SMILES string of the molecule is COc1ccc(-c2ccc(O)c3c2CC2CC4C(N(C)C)C(O)=C(C(N)=O)C(=O)C4(O)C(O)=C2C3=O)cc1CN1CCN(CCO)CC1. The zero-order valence-electron chi connectivity index (χ0n) is 27.3. The van der Waals surface area contributed by atoms with Gasteiger partial charge in [-0.25, -0.2) is 0 Å². The molecule has 2 aromatic carbocycles. The van der Waals surface area contributed by atoms with Crippen LogP contribution in [0.2, 0.25) is 0 Å². The number of ether oxygens (including phenoxy) is 1. The molecule has 48 heavy (non-hydrogen) atoms. The maximum atomic E-state index is 14.2. The predicted molar refractivity (Wildman–Crippen MR) is 174 cm³/mol. The Morgan fingerprint density at radius 1 is 1.06 bits per heavy atom. The molecule has 1 aliphatic heterocycles. The van der Waals surface area contributed by atoms with E-state index in [1.165, 1.54) is 11.0 Å². The number of phenolic OH excluding ortho intramolecular Hbond substituents is 1. The van der Waals surface area contributed by atoms with E-state index in [-0.39, 0.29) is 36.3 Å². The monoisotopic (exact) mass is 662 g/mol. The Morgan fingerprint density at radius 2 is 1.75 bits per heavy atom. The summed E-state index contributed by atoms with van der Waals surface area (Å²) in [4.78, 5) is 46.0. The Hall–Kier alpha value is -4.27. The number of phenols is 1. The van der Waals surface area contributed by atoms with Crippen molar-refractivity contribution in [2.24, 2.45) is 17.6 Å². The molecule has 6 rings (SSSR count). The van der Waals surface area contributed by atoms with Crippen molar-refractivity contribution in [1.82, 2.24) is 14.7 Å². The number of primary amides is 1. The van der Waals surface area contributed by atoms with Gasteiger partial charge in [-0.05, 0) is 67.7 Å². The number of fused-ring (bicyclic) bond motifs is 3. The molecule has 0 radical (unpaired) electrons. The minimum Gasteiger partial charge on any atom is -0.510 e. The van der Waals surface area contributed by atoms with Crippen molar-refractivity contribution < 1.29 is 44.7 Å². The first-order valence-electron chi connectivity index (χ1n) is 16.1. The highest BCUT2D eigenvalue weighted by Crippen LogP contribution is 2.53. The second-order valence-electron chi connectivity index (χ2n) is 13.3. The van der Waals surface area contributed by atoms with Crippen LogP contribution in [-0.4, -0.2) is 130 Å². The van der Waals surface area contributed by atoms with Crippen molar-refractivity contribution >= 4 is 17.5 Å². The maximum Gasteiger partial charge on any atom is 0.255 e. The van der Waals surface area contributed by atoms with Crippen molar-refractivity contribution in [2.45, 2.75) is 31.0 Å². The number of piperazine rings is 1.